The van der Waals surface area contributed by atoms with Gasteiger partial charge in [0.05, 0.1) is 0 Å². The number of ketones is 1. The van der Waals surface area contributed by atoms with Gasteiger partial charge in [0, 0.05) is 44.7 Å². The molecule has 17 heavy (non-hydrogen) atoms. The SMILES string of the molecule is Cc1cnc(C(=O)CCc2nccn2C)nc1. The molecule has 0 unspecified atom stereocenters. The van der Waals surface area contributed by atoms with Gasteiger partial charge in [-0.3, -0.25) is 4.79 Å². The van der Waals surface area contributed by atoms with Crippen LogP contribution in [0.1, 0.15) is 28.4 Å². The summed E-state index contributed by atoms with van der Waals surface area (Å²) in [5, 5.41) is 0. The van der Waals surface area contributed by atoms with Gasteiger partial charge >= 0.3 is 0 Å². The van der Waals surface area contributed by atoms with Gasteiger partial charge in [0.15, 0.2) is 11.6 Å². The summed E-state index contributed by atoms with van der Waals surface area (Å²) in [7, 11) is 1.91. The lowest BCUT2D eigenvalue weighted by Crippen LogP contribution is -2.08. The van der Waals surface area contributed by atoms with E-state index in [9.17, 15) is 4.79 Å². The van der Waals surface area contributed by atoms with Gasteiger partial charge in [-0.15, -0.1) is 0 Å². The maximum absolute atomic E-state index is 11.8. The van der Waals surface area contributed by atoms with E-state index in [1.165, 1.54) is 0 Å². The Morgan fingerprint density at radius 1 is 1.29 bits per heavy atom. The first-order valence-corrected chi connectivity index (χ1v) is 5.45. The molecule has 0 aliphatic carbocycles. The number of carbonyl (C=O) groups excluding carboxylic acids is 1. The third-order valence-corrected chi connectivity index (χ3v) is 2.53. The molecule has 0 saturated heterocycles. The average Bonchev–Trinajstić information content (AvgIpc) is 2.73. The topological polar surface area (TPSA) is 60.7 Å². The second-order valence-electron chi connectivity index (χ2n) is 3.96. The zero-order chi connectivity index (χ0) is 12.3. The standard InChI is InChI=1S/C12H14N4O/c1-9-7-14-12(15-8-9)10(17)3-4-11-13-5-6-16(11)2/h5-8H,3-4H2,1-2H3. The second kappa shape index (κ2) is 4.86. The predicted octanol–water partition coefficient (Wildman–Crippen LogP) is 1.33. The summed E-state index contributed by atoms with van der Waals surface area (Å²) in [5.74, 6) is 1.13. The van der Waals surface area contributed by atoms with Gasteiger partial charge < -0.3 is 4.57 Å². The number of hydrogen-bond acceptors (Lipinski definition) is 4. The molecule has 0 atom stereocenters. The van der Waals surface area contributed by atoms with Crippen LogP contribution in [0.4, 0.5) is 0 Å². The number of hydrogen-bond donors (Lipinski definition) is 0. The van der Waals surface area contributed by atoms with Crippen LogP contribution in [0.15, 0.2) is 24.8 Å². The first kappa shape index (κ1) is 11.4. The molecule has 2 aromatic heterocycles. The van der Waals surface area contributed by atoms with E-state index in [4.69, 9.17) is 0 Å². The molecule has 2 aromatic rings. The highest BCUT2D eigenvalue weighted by Crippen LogP contribution is 2.03. The largest absolute Gasteiger partial charge is 0.338 e. The Balaban J connectivity index is 1.98. The first-order chi connectivity index (χ1) is 8.16. The summed E-state index contributed by atoms with van der Waals surface area (Å²) in [6.07, 6.45) is 7.89. The monoisotopic (exact) mass is 230 g/mol. The molecular formula is C12H14N4O. The maximum Gasteiger partial charge on any atom is 0.200 e. The minimum atomic E-state index is -0.0481. The number of imidazole rings is 1. The highest BCUT2D eigenvalue weighted by Gasteiger charge is 2.10. The smallest absolute Gasteiger partial charge is 0.200 e. The molecule has 0 radical (unpaired) electrons. The van der Waals surface area contributed by atoms with Crippen molar-refractivity contribution in [2.24, 2.45) is 7.05 Å². The van der Waals surface area contributed by atoms with Crippen molar-refractivity contribution in [3.05, 3.63) is 42.0 Å². The number of nitrogens with zero attached hydrogens (tertiary/aromatic N) is 4. The molecular weight excluding hydrogens is 216 g/mol. The summed E-state index contributed by atoms with van der Waals surface area (Å²) in [6, 6.07) is 0. The Kier molecular flexibility index (Phi) is 3.27. The molecule has 0 bridgehead atoms. The van der Waals surface area contributed by atoms with Gasteiger partial charge in [-0.05, 0) is 12.5 Å². The van der Waals surface area contributed by atoms with E-state index < -0.39 is 0 Å². The Morgan fingerprint density at radius 2 is 2.00 bits per heavy atom. The van der Waals surface area contributed by atoms with Crippen molar-refractivity contribution in [1.82, 2.24) is 19.5 Å². The average molecular weight is 230 g/mol. The van der Waals surface area contributed by atoms with E-state index in [1.54, 1.807) is 18.6 Å². The van der Waals surface area contributed by atoms with Crippen molar-refractivity contribution in [2.75, 3.05) is 0 Å². The zero-order valence-corrected chi connectivity index (χ0v) is 9.92. The molecule has 0 aromatic carbocycles. The van der Waals surface area contributed by atoms with Crippen molar-refractivity contribution in [3.8, 4) is 0 Å². The Labute approximate surface area is 99.6 Å². The van der Waals surface area contributed by atoms with Crippen molar-refractivity contribution >= 4 is 5.78 Å². The third kappa shape index (κ3) is 2.75. The van der Waals surface area contributed by atoms with Crippen LogP contribution in [0.5, 0.6) is 0 Å². The number of carbonyl (C=O) groups is 1. The molecule has 0 spiro atoms. The Morgan fingerprint density at radius 3 is 2.59 bits per heavy atom. The molecule has 0 saturated carbocycles. The van der Waals surface area contributed by atoms with Crippen molar-refractivity contribution in [3.63, 3.8) is 0 Å². The van der Waals surface area contributed by atoms with Crippen LogP contribution in [0.25, 0.3) is 0 Å². The van der Waals surface area contributed by atoms with E-state index >= 15 is 0 Å². The predicted molar refractivity (Wildman–Crippen MR) is 62.6 cm³/mol. The highest BCUT2D eigenvalue weighted by atomic mass is 16.1. The van der Waals surface area contributed by atoms with Crippen LogP contribution in [0.2, 0.25) is 0 Å². The molecule has 2 heterocycles. The van der Waals surface area contributed by atoms with Gasteiger partial charge in [-0.25, -0.2) is 15.0 Å². The molecule has 2 rings (SSSR count). The number of aromatic nitrogens is 4. The Hall–Kier alpha value is -2.04. The van der Waals surface area contributed by atoms with E-state index in [-0.39, 0.29) is 11.6 Å². The highest BCUT2D eigenvalue weighted by molar-refractivity contribution is 5.92. The van der Waals surface area contributed by atoms with Crippen LogP contribution in [0, 0.1) is 6.92 Å². The van der Waals surface area contributed by atoms with E-state index in [2.05, 4.69) is 15.0 Å². The summed E-state index contributed by atoms with van der Waals surface area (Å²) < 4.78 is 1.91. The summed E-state index contributed by atoms with van der Waals surface area (Å²) in [6.45, 7) is 1.89. The molecule has 0 aliphatic heterocycles. The van der Waals surface area contributed by atoms with Crippen molar-refractivity contribution < 1.29 is 4.79 Å². The molecule has 0 aliphatic rings. The van der Waals surface area contributed by atoms with E-state index in [0.717, 1.165) is 11.4 Å². The van der Waals surface area contributed by atoms with Crippen LogP contribution in [0.3, 0.4) is 0 Å². The van der Waals surface area contributed by atoms with Crippen LogP contribution in [-0.2, 0) is 13.5 Å². The molecule has 5 heteroatoms. The second-order valence-corrected chi connectivity index (χ2v) is 3.96. The lowest BCUT2D eigenvalue weighted by atomic mass is 10.2. The quantitative estimate of drug-likeness (QED) is 0.743. The minimum absolute atomic E-state index is 0.0481. The number of Topliss-reactive ketones (excluding diaryl/α,β-unsaturated/α-hetero) is 1. The van der Waals surface area contributed by atoms with Crippen molar-refractivity contribution in [2.45, 2.75) is 19.8 Å². The summed E-state index contributed by atoms with van der Waals surface area (Å²) >= 11 is 0. The van der Waals surface area contributed by atoms with Gasteiger partial charge in [0.1, 0.15) is 5.82 Å². The fourth-order valence-electron chi connectivity index (χ4n) is 1.51. The van der Waals surface area contributed by atoms with Crippen LogP contribution in [-0.4, -0.2) is 25.3 Å². The molecule has 88 valence electrons. The van der Waals surface area contributed by atoms with Gasteiger partial charge in [-0.1, -0.05) is 0 Å². The molecule has 0 fully saturated rings. The van der Waals surface area contributed by atoms with Crippen LogP contribution >= 0.6 is 0 Å². The van der Waals surface area contributed by atoms with Crippen molar-refractivity contribution in [1.29, 1.82) is 0 Å². The number of aryl methyl sites for hydroxylation is 3. The lowest BCUT2D eigenvalue weighted by molar-refractivity contribution is 0.0972. The van der Waals surface area contributed by atoms with E-state index in [1.807, 2.05) is 24.7 Å². The summed E-state index contributed by atoms with van der Waals surface area (Å²) in [5.41, 5.74) is 0.950. The molecule has 0 amide bonds. The fourth-order valence-corrected chi connectivity index (χ4v) is 1.51. The van der Waals surface area contributed by atoms with Gasteiger partial charge in [0.25, 0.3) is 0 Å². The minimum Gasteiger partial charge on any atom is -0.338 e. The maximum atomic E-state index is 11.8. The lowest BCUT2D eigenvalue weighted by Gasteiger charge is -2.01. The van der Waals surface area contributed by atoms with E-state index in [0.29, 0.717) is 12.8 Å². The fraction of sp³-hybridized carbons (Fsp3) is 0.333. The normalized spacial score (nSPS) is 10.5. The third-order valence-electron chi connectivity index (χ3n) is 2.53. The summed E-state index contributed by atoms with van der Waals surface area (Å²) in [4.78, 5) is 24.0. The molecule has 0 N–H and O–H groups in total. The van der Waals surface area contributed by atoms with Gasteiger partial charge in [-0.2, -0.15) is 0 Å². The Bertz CT molecular complexity index is 516. The van der Waals surface area contributed by atoms with Crippen LogP contribution < -0.4 is 0 Å². The molecule has 5 nitrogen and oxygen atoms in total. The number of rotatable bonds is 4. The zero-order valence-electron chi connectivity index (χ0n) is 9.92. The first-order valence-electron chi connectivity index (χ1n) is 5.45. The van der Waals surface area contributed by atoms with Gasteiger partial charge in [0.2, 0.25) is 0 Å².